The Balaban J connectivity index is 1.85. The number of likely N-dealkylation sites (tertiary alicyclic amines) is 1. The van der Waals surface area contributed by atoms with Gasteiger partial charge in [0.15, 0.2) is 6.54 Å². The van der Waals surface area contributed by atoms with Crippen LogP contribution >= 0.6 is 0 Å². The molecule has 0 radical (unpaired) electrons. The lowest BCUT2D eigenvalue weighted by molar-refractivity contribution is -0.892. The summed E-state index contributed by atoms with van der Waals surface area (Å²) in [6, 6.07) is 6.10. The summed E-state index contributed by atoms with van der Waals surface area (Å²) in [5.74, 6) is 0.142. The number of amides is 1. The van der Waals surface area contributed by atoms with Crippen LogP contribution in [0.1, 0.15) is 43.2 Å². The number of quaternary nitrogens is 1. The Morgan fingerprint density at radius 3 is 2.35 bits per heavy atom. The maximum atomic E-state index is 12.1. The zero-order chi connectivity index (χ0) is 14.4. The zero-order valence-corrected chi connectivity index (χ0v) is 12.8. The van der Waals surface area contributed by atoms with E-state index in [1.165, 1.54) is 48.1 Å². The van der Waals surface area contributed by atoms with Gasteiger partial charge in [0.25, 0.3) is 5.91 Å². The summed E-state index contributed by atoms with van der Waals surface area (Å²) in [5, 5.41) is 3.03. The third kappa shape index (κ3) is 4.64. The van der Waals surface area contributed by atoms with Gasteiger partial charge in [0.2, 0.25) is 0 Å². The van der Waals surface area contributed by atoms with Crippen LogP contribution < -0.4 is 10.2 Å². The Morgan fingerprint density at radius 2 is 1.70 bits per heavy atom. The summed E-state index contributed by atoms with van der Waals surface area (Å²) < 4.78 is 0. The van der Waals surface area contributed by atoms with E-state index in [1.54, 1.807) is 0 Å². The summed E-state index contributed by atoms with van der Waals surface area (Å²) in [6.45, 7) is 7.05. The predicted molar refractivity (Wildman–Crippen MR) is 83.2 cm³/mol. The van der Waals surface area contributed by atoms with Crippen LogP contribution in [0.15, 0.2) is 18.2 Å². The summed E-state index contributed by atoms with van der Waals surface area (Å²) in [4.78, 5) is 13.6. The van der Waals surface area contributed by atoms with E-state index in [0.717, 1.165) is 18.8 Å². The molecule has 2 rings (SSSR count). The molecule has 1 fully saturated rings. The number of rotatable bonds is 3. The standard InChI is InChI=1S/C17H26N2O/c1-14-8-9-16(12-15(14)2)18-17(20)13-19-10-6-4-3-5-7-11-19/h8-9,12H,3-7,10-11,13H2,1-2H3,(H,18,20)/p+1. The highest BCUT2D eigenvalue weighted by Crippen LogP contribution is 2.13. The quantitative estimate of drug-likeness (QED) is 0.870. The lowest BCUT2D eigenvalue weighted by atomic mass is 10.1. The molecule has 0 aliphatic carbocycles. The van der Waals surface area contributed by atoms with E-state index in [1.807, 2.05) is 6.07 Å². The Bertz CT molecular complexity index is 448. The lowest BCUT2D eigenvalue weighted by Crippen LogP contribution is -3.13. The van der Waals surface area contributed by atoms with Crippen molar-refractivity contribution in [2.24, 2.45) is 0 Å². The Kier molecular flexibility index (Phi) is 5.60. The molecule has 1 saturated heterocycles. The van der Waals surface area contributed by atoms with Crippen molar-refractivity contribution in [2.45, 2.75) is 46.0 Å². The second-order valence-electron chi connectivity index (χ2n) is 6.04. The number of carbonyl (C=O) groups excluding carboxylic acids is 1. The van der Waals surface area contributed by atoms with Gasteiger partial charge in [-0.1, -0.05) is 12.5 Å². The normalized spacial score (nSPS) is 17.3. The molecule has 3 nitrogen and oxygen atoms in total. The number of benzene rings is 1. The summed E-state index contributed by atoms with van der Waals surface area (Å²) in [7, 11) is 0. The Labute approximate surface area is 122 Å². The summed E-state index contributed by atoms with van der Waals surface area (Å²) >= 11 is 0. The molecule has 3 heteroatoms. The second kappa shape index (κ2) is 7.44. The van der Waals surface area contributed by atoms with Gasteiger partial charge in [-0.3, -0.25) is 4.79 Å². The molecule has 20 heavy (non-hydrogen) atoms. The monoisotopic (exact) mass is 275 g/mol. The first-order chi connectivity index (χ1) is 9.65. The van der Waals surface area contributed by atoms with E-state index in [-0.39, 0.29) is 5.91 Å². The first-order valence-corrected chi connectivity index (χ1v) is 7.86. The van der Waals surface area contributed by atoms with Crippen molar-refractivity contribution >= 4 is 11.6 Å². The highest BCUT2D eigenvalue weighted by atomic mass is 16.2. The van der Waals surface area contributed by atoms with E-state index >= 15 is 0 Å². The van der Waals surface area contributed by atoms with Crippen LogP contribution in [0.25, 0.3) is 0 Å². The van der Waals surface area contributed by atoms with Gasteiger partial charge in [-0.15, -0.1) is 0 Å². The molecule has 0 atom stereocenters. The second-order valence-corrected chi connectivity index (χ2v) is 6.04. The van der Waals surface area contributed by atoms with Crippen LogP contribution in [0.4, 0.5) is 5.69 Å². The fraction of sp³-hybridized carbons (Fsp3) is 0.588. The van der Waals surface area contributed by atoms with Gasteiger partial charge >= 0.3 is 0 Å². The Morgan fingerprint density at radius 1 is 1.05 bits per heavy atom. The minimum atomic E-state index is 0.142. The molecule has 0 bridgehead atoms. The third-order valence-electron chi connectivity index (χ3n) is 4.26. The molecular formula is C17H27N2O+. The van der Waals surface area contributed by atoms with Crippen molar-refractivity contribution in [1.29, 1.82) is 0 Å². The molecule has 1 aliphatic rings. The molecule has 0 spiro atoms. The molecule has 0 unspecified atom stereocenters. The highest BCUT2D eigenvalue weighted by Gasteiger charge is 2.15. The zero-order valence-electron chi connectivity index (χ0n) is 12.8. The van der Waals surface area contributed by atoms with Crippen LogP contribution in [-0.2, 0) is 4.79 Å². The number of carbonyl (C=O) groups is 1. The molecule has 2 N–H and O–H groups in total. The number of hydrogen-bond acceptors (Lipinski definition) is 1. The van der Waals surface area contributed by atoms with Crippen LogP contribution in [-0.4, -0.2) is 25.5 Å². The molecule has 0 saturated carbocycles. The van der Waals surface area contributed by atoms with E-state index in [9.17, 15) is 4.79 Å². The molecule has 0 aromatic heterocycles. The van der Waals surface area contributed by atoms with Gasteiger partial charge in [0, 0.05) is 5.69 Å². The van der Waals surface area contributed by atoms with E-state index in [4.69, 9.17) is 0 Å². The van der Waals surface area contributed by atoms with Gasteiger partial charge in [0.05, 0.1) is 13.1 Å². The van der Waals surface area contributed by atoms with E-state index in [2.05, 4.69) is 31.3 Å². The van der Waals surface area contributed by atoms with Gasteiger partial charge in [0.1, 0.15) is 0 Å². The number of nitrogens with one attached hydrogen (secondary N) is 2. The van der Waals surface area contributed by atoms with Crippen molar-refractivity contribution in [2.75, 3.05) is 25.0 Å². The largest absolute Gasteiger partial charge is 0.327 e. The molecule has 110 valence electrons. The van der Waals surface area contributed by atoms with Crippen LogP contribution in [0.2, 0.25) is 0 Å². The Hall–Kier alpha value is -1.35. The van der Waals surface area contributed by atoms with Crippen molar-refractivity contribution in [3.05, 3.63) is 29.3 Å². The van der Waals surface area contributed by atoms with Gasteiger partial charge < -0.3 is 10.2 Å². The minimum absolute atomic E-state index is 0.142. The van der Waals surface area contributed by atoms with Crippen LogP contribution in [0.3, 0.4) is 0 Å². The molecule has 1 amide bonds. The van der Waals surface area contributed by atoms with Gasteiger partial charge in [-0.05, 0) is 62.8 Å². The molecule has 1 aliphatic heterocycles. The van der Waals surface area contributed by atoms with Crippen molar-refractivity contribution in [1.82, 2.24) is 0 Å². The highest BCUT2D eigenvalue weighted by molar-refractivity contribution is 5.91. The van der Waals surface area contributed by atoms with E-state index < -0.39 is 0 Å². The molecule has 1 aromatic rings. The number of aryl methyl sites for hydroxylation is 2. The molecular weight excluding hydrogens is 248 g/mol. The van der Waals surface area contributed by atoms with E-state index in [0.29, 0.717) is 6.54 Å². The maximum Gasteiger partial charge on any atom is 0.279 e. The first-order valence-electron chi connectivity index (χ1n) is 7.86. The maximum absolute atomic E-state index is 12.1. The number of anilines is 1. The van der Waals surface area contributed by atoms with Gasteiger partial charge in [-0.2, -0.15) is 0 Å². The van der Waals surface area contributed by atoms with Gasteiger partial charge in [-0.25, -0.2) is 0 Å². The fourth-order valence-corrected chi connectivity index (χ4v) is 2.83. The first kappa shape index (κ1) is 15.0. The fourth-order valence-electron chi connectivity index (χ4n) is 2.83. The topological polar surface area (TPSA) is 33.5 Å². The average Bonchev–Trinajstić information content (AvgIpc) is 2.37. The van der Waals surface area contributed by atoms with Crippen molar-refractivity contribution in [3.8, 4) is 0 Å². The third-order valence-corrected chi connectivity index (χ3v) is 4.26. The van der Waals surface area contributed by atoms with Crippen molar-refractivity contribution in [3.63, 3.8) is 0 Å². The smallest absolute Gasteiger partial charge is 0.279 e. The number of hydrogen-bond donors (Lipinski definition) is 2. The van der Waals surface area contributed by atoms with Crippen LogP contribution in [0.5, 0.6) is 0 Å². The SMILES string of the molecule is Cc1ccc(NC(=O)C[NH+]2CCCCCCC2)cc1C. The average molecular weight is 275 g/mol. The molecule has 1 heterocycles. The van der Waals surface area contributed by atoms with Crippen LogP contribution in [0, 0.1) is 13.8 Å². The predicted octanol–water partition coefficient (Wildman–Crippen LogP) is 2.09. The minimum Gasteiger partial charge on any atom is -0.327 e. The molecule has 1 aromatic carbocycles. The lowest BCUT2D eigenvalue weighted by Gasteiger charge is -2.21. The summed E-state index contributed by atoms with van der Waals surface area (Å²) in [6.07, 6.45) is 6.52. The summed E-state index contributed by atoms with van der Waals surface area (Å²) in [5.41, 5.74) is 3.41. The van der Waals surface area contributed by atoms with Crippen molar-refractivity contribution < 1.29 is 9.69 Å².